The summed E-state index contributed by atoms with van der Waals surface area (Å²) in [5.41, 5.74) is 0.471. The molecule has 2 amide bonds. The number of aromatic amines is 1. The molecule has 4 rings (SSSR count). The van der Waals surface area contributed by atoms with Crippen LogP contribution >= 0.6 is 11.6 Å². The van der Waals surface area contributed by atoms with Crippen LogP contribution in [0.4, 0.5) is 24.7 Å². The normalized spacial score (nSPS) is 11.2. The van der Waals surface area contributed by atoms with E-state index in [1.807, 2.05) is 6.07 Å². The quantitative estimate of drug-likeness (QED) is 0.375. The van der Waals surface area contributed by atoms with Gasteiger partial charge in [0.05, 0.1) is 40.1 Å². The molecule has 0 fully saturated rings. The minimum Gasteiger partial charge on any atom is -0.355 e. The molecule has 0 aliphatic rings. The Morgan fingerprint density at radius 2 is 2.05 bits per heavy atom. The van der Waals surface area contributed by atoms with E-state index in [9.17, 15) is 28.0 Å². The number of carbonyl (C=O) groups is 2. The molecule has 0 radical (unpaired) electrons. The van der Waals surface area contributed by atoms with Crippen molar-refractivity contribution < 1.29 is 22.8 Å². The summed E-state index contributed by atoms with van der Waals surface area (Å²) in [6.45, 7) is 1.12. The predicted octanol–water partition coefficient (Wildman–Crippen LogP) is 3.03. The Balaban J connectivity index is 1.82. The van der Waals surface area contributed by atoms with Crippen LogP contribution in [0.2, 0.25) is 5.02 Å². The monoisotopic (exact) mass is 544 g/mol. The van der Waals surface area contributed by atoms with Gasteiger partial charge in [-0.15, -0.1) is 5.10 Å². The zero-order valence-electron chi connectivity index (χ0n) is 19.6. The van der Waals surface area contributed by atoms with Gasteiger partial charge in [-0.1, -0.05) is 11.6 Å². The maximum absolute atomic E-state index is 13.8. The predicted molar refractivity (Wildman–Crippen MR) is 126 cm³/mol. The Morgan fingerprint density at radius 1 is 1.29 bits per heavy atom. The first-order chi connectivity index (χ1) is 18.0. The van der Waals surface area contributed by atoms with Gasteiger partial charge in [-0.3, -0.25) is 19.6 Å². The number of nitrogens with zero attached hydrogens (tertiary/aromatic N) is 8. The second kappa shape index (κ2) is 10.3. The van der Waals surface area contributed by atoms with Crippen molar-refractivity contribution in [2.45, 2.75) is 19.6 Å². The summed E-state index contributed by atoms with van der Waals surface area (Å²) >= 11 is 6.37. The number of benzene rings is 1. The average Bonchev–Trinajstić information content (AvgIpc) is 3.55. The molecule has 12 nitrogen and oxygen atoms in total. The van der Waals surface area contributed by atoms with Gasteiger partial charge in [0.15, 0.2) is 11.5 Å². The molecule has 0 spiro atoms. The van der Waals surface area contributed by atoms with E-state index in [2.05, 4.69) is 36.0 Å². The van der Waals surface area contributed by atoms with E-state index < -0.39 is 30.4 Å². The third-order valence-electron chi connectivity index (χ3n) is 5.23. The molecular formula is C22H16ClF3N10O2. The highest BCUT2D eigenvalue weighted by Crippen LogP contribution is 2.36. The van der Waals surface area contributed by atoms with Crippen LogP contribution in [0, 0.1) is 18.3 Å². The number of H-pyrrole nitrogens is 1. The average molecular weight is 545 g/mol. The van der Waals surface area contributed by atoms with Crippen molar-refractivity contribution in [1.29, 1.82) is 5.26 Å². The number of aromatic nitrogens is 7. The van der Waals surface area contributed by atoms with Crippen LogP contribution in [0.3, 0.4) is 0 Å². The van der Waals surface area contributed by atoms with Crippen molar-refractivity contribution in [2.75, 3.05) is 11.9 Å². The lowest BCUT2D eigenvalue weighted by atomic mass is 10.0. The molecule has 0 aliphatic heterocycles. The fourth-order valence-electron chi connectivity index (χ4n) is 3.64. The van der Waals surface area contributed by atoms with E-state index >= 15 is 0 Å². The lowest BCUT2D eigenvalue weighted by Crippen LogP contribution is -2.31. The van der Waals surface area contributed by atoms with Crippen molar-refractivity contribution in [2.24, 2.45) is 0 Å². The molecule has 0 saturated carbocycles. The van der Waals surface area contributed by atoms with Gasteiger partial charge in [-0.25, -0.2) is 9.67 Å². The summed E-state index contributed by atoms with van der Waals surface area (Å²) in [5.74, 6) is -2.77. The zero-order chi connectivity index (χ0) is 27.6. The number of carbonyl (C=O) groups excluding carboxylic acids is 2. The summed E-state index contributed by atoms with van der Waals surface area (Å²) < 4.78 is 39.9. The minimum atomic E-state index is -4.79. The summed E-state index contributed by atoms with van der Waals surface area (Å²) in [6.07, 6.45) is -3.41. The van der Waals surface area contributed by atoms with Crippen molar-refractivity contribution >= 4 is 34.9 Å². The molecule has 0 atom stereocenters. The van der Waals surface area contributed by atoms with E-state index in [4.69, 9.17) is 11.6 Å². The second-order valence-electron chi connectivity index (χ2n) is 7.77. The lowest BCUT2D eigenvalue weighted by Gasteiger charge is -2.26. The number of aryl methyl sites for hydroxylation is 1. The number of nitriles is 1. The first-order valence-electron chi connectivity index (χ1n) is 10.6. The SMILES string of the molecule is CNC(=O)c1cc(C#N)cc(C)c1N(C(=O)c1cc(Cn2nnnc2C(F)(F)F)[nH]n1)c1ncccc1Cl. The Morgan fingerprint density at radius 3 is 2.71 bits per heavy atom. The second-order valence-corrected chi connectivity index (χ2v) is 8.17. The maximum atomic E-state index is 13.8. The van der Waals surface area contributed by atoms with Crippen molar-refractivity contribution in [3.8, 4) is 6.07 Å². The van der Waals surface area contributed by atoms with Crippen molar-refractivity contribution in [3.05, 3.63) is 75.5 Å². The van der Waals surface area contributed by atoms with Crippen LogP contribution < -0.4 is 10.2 Å². The maximum Gasteiger partial charge on any atom is 0.453 e. The molecule has 3 aromatic heterocycles. The molecule has 4 aromatic rings. The van der Waals surface area contributed by atoms with Crippen LogP contribution in [0.1, 0.15) is 43.5 Å². The fourth-order valence-corrected chi connectivity index (χ4v) is 3.84. The summed E-state index contributed by atoms with van der Waals surface area (Å²) in [5, 5.41) is 27.8. The Kier molecular flexibility index (Phi) is 7.08. The number of hydrogen-bond acceptors (Lipinski definition) is 8. The molecule has 16 heteroatoms. The minimum absolute atomic E-state index is 0.0154. The lowest BCUT2D eigenvalue weighted by molar-refractivity contribution is -0.147. The van der Waals surface area contributed by atoms with Crippen LogP contribution in [0.15, 0.2) is 36.5 Å². The third kappa shape index (κ3) is 5.02. The highest BCUT2D eigenvalue weighted by molar-refractivity contribution is 6.34. The molecule has 38 heavy (non-hydrogen) atoms. The molecule has 1 aromatic carbocycles. The van der Waals surface area contributed by atoms with E-state index in [1.165, 1.54) is 43.6 Å². The van der Waals surface area contributed by atoms with Crippen LogP contribution in [-0.4, -0.2) is 54.3 Å². The number of halogens is 4. The first-order valence-corrected chi connectivity index (χ1v) is 11.0. The molecule has 2 N–H and O–H groups in total. The molecule has 0 saturated heterocycles. The molecule has 194 valence electrons. The van der Waals surface area contributed by atoms with Gasteiger partial charge in [-0.05, 0) is 53.2 Å². The molecule has 0 unspecified atom stereocenters. The van der Waals surface area contributed by atoms with Crippen molar-refractivity contribution in [3.63, 3.8) is 0 Å². The van der Waals surface area contributed by atoms with Crippen LogP contribution in [-0.2, 0) is 12.7 Å². The molecule has 3 heterocycles. The number of rotatable bonds is 6. The van der Waals surface area contributed by atoms with Crippen LogP contribution in [0.5, 0.6) is 0 Å². The molecule has 0 bridgehead atoms. The van der Waals surface area contributed by atoms with Gasteiger partial charge >= 0.3 is 6.18 Å². The van der Waals surface area contributed by atoms with E-state index in [0.29, 0.717) is 10.2 Å². The van der Waals surface area contributed by atoms with Gasteiger partial charge in [0.25, 0.3) is 17.6 Å². The number of anilines is 2. The molecule has 0 aliphatic carbocycles. The van der Waals surface area contributed by atoms with Gasteiger partial charge < -0.3 is 5.32 Å². The van der Waals surface area contributed by atoms with Crippen LogP contribution in [0.25, 0.3) is 0 Å². The number of amides is 2. The zero-order valence-corrected chi connectivity index (χ0v) is 20.3. The number of hydrogen-bond donors (Lipinski definition) is 2. The highest BCUT2D eigenvalue weighted by atomic mass is 35.5. The Hall–Kier alpha value is -4.84. The molecular weight excluding hydrogens is 529 g/mol. The fraction of sp³-hybridized carbons (Fsp3) is 0.182. The topological polar surface area (TPSA) is 158 Å². The van der Waals surface area contributed by atoms with Gasteiger partial charge in [0, 0.05) is 13.2 Å². The summed E-state index contributed by atoms with van der Waals surface area (Å²) in [6, 6.07) is 8.99. The van der Waals surface area contributed by atoms with Gasteiger partial charge in [-0.2, -0.15) is 23.5 Å². The smallest absolute Gasteiger partial charge is 0.355 e. The standard InChI is InChI=1S/C22H16ClF3N10O2/c1-11-6-12(9-27)7-14(19(37)28-2)17(11)36(18-15(23)4-3-5-29-18)20(38)16-8-13(30-31-16)10-35-21(22(24,25)26)32-33-34-35/h3-8H,10H2,1-2H3,(H,28,37)(H,30,31). The number of tetrazole rings is 1. The first kappa shape index (κ1) is 26.2. The van der Waals surface area contributed by atoms with E-state index in [0.717, 1.165) is 4.90 Å². The number of alkyl halides is 3. The Bertz CT molecular complexity index is 1570. The highest BCUT2D eigenvalue weighted by Gasteiger charge is 2.38. The van der Waals surface area contributed by atoms with E-state index in [-0.39, 0.29) is 39.0 Å². The van der Waals surface area contributed by atoms with Gasteiger partial charge in [0.1, 0.15) is 0 Å². The number of pyridine rings is 1. The number of nitrogens with one attached hydrogen (secondary N) is 2. The summed E-state index contributed by atoms with van der Waals surface area (Å²) in [7, 11) is 1.38. The largest absolute Gasteiger partial charge is 0.453 e. The summed E-state index contributed by atoms with van der Waals surface area (Å²) in [4.78, 5) is 31.9. The van der Waals surface area contributed by atoms with Crippen molar-refractivity contribution in [1.82, 2.24) is 40.7 Å². The Labute approximate surface area is 217 Å². The third-order valence-corrected chi connectivity index (χ3v) is 5.53. The van der Waals surface area contributed by atoms with Gasteiger partial charge in [0.2, 0.25) is 0 Å². The van der Waals surface area contributed by atoms with E-state index in [1.54, 1.807) is 6.92 Å².